The van der Waals surface area contributed by atoms with Gasteiger partial charge in [-0.15, -0.1) is 0 Å². The van der Waals surface area contributed by atoms with Crippen LogP contribution in [0.2, 0.25) is 0 Å². The van der Waals surface area contributed by atoms with Gasteiger partial charge in [-0.05, 0) is 143 Å². The van der Waals surface area contributed by atoms with E-state index in [-0.39, 0.29) is 47.4 Å². The zero-order valence-electron chi connectivity index (χ0n) is 32.4. The van der Waals surface area contributed by atoms with E-state index in [0.29, 0.717) is 55.6 Å². The average molecular weight is 821 g/mol. The number of hydrogen-bond acceptors (Lipinski definition) is 9. The number of ether oxygens (including phenoxy) is 1. The first-order valence-electron chi connectivity index (χ1n) is 19.2. The van der Waals surface area contributed by atoms with Crippen LogP contribution >= 0.6 is 12.2 Å². The minimum absolute atomic E-state index is 0.0114. The van der Waals surface area contributed by atoms with E-state index in [0.717, 1.165) is 41.9 Å². The van der Waals surface area contributed by atoms with Gasteiger partial charge in [0.25, 0.3) is 5.91 Å². The molecule has 0 aliphatic carbocycles. The molecule has 1 atom stereocenters. The van der Waals surface area contributed by atoms with Gasteiger partial charge in [0, 0.05) is 24.2 Å². The van der Waals surface area contributed by atoms with Crippen molar-refractivity contribution in [1.82, 2.24) is 10.2 Å². The number of nitriles is 1. The van der Waals surface area contributed by atoms with Gasteiger partial charge in [-0.1, -0.05) is 6.92 Å². The highest BCUT2D eigenvalue weighted by Gasteiger charge is 2.51. The Balaban J connectivity index is 1.00. The van der Waals surface area contributed by atoms with Crippen LogP contribution in [0.4, 0.5) is 34.6 Å². The minimum atomic E-state index is -4.80. The van der Waals surface area contributed by atoms with Crippen molar-refractivity contribution in [2.24, 2.45) is 5.92 Å². The van der Waals surface area contributed by atoms with Crippen molar-refractivity contribution in [2.75, 3.05) is 41.4 Å². The lowest BCUT2D eigenvalue weighted by atomic mass is 9.93. The van der Waals surface area contributed by atoms with Gasteiger partial charge in [-0.25, -0.2) is 4.39 Å². The number of anilines is 3. The van der Waals surface area contributed by atoms with Crippen LogP contribution in [0, 0.1) is 23.1 Å². The van der Waals surface area contributed by atoms with Crippen LogP contribution in [0.1, 0.15) is 75.1 Å². The highest BCUT2D eigenvalue weighted by atomic mass is 32.1. The summed E-state index contributed by atoms with van der Waals surface area (Å²) >= 11 is 5.70. The van der Waals surface area contributed by atoms with Crippen LogP contribution in [0.3, 0.4) is 0 Å². The number of alkyl halides is 3. The highest BCUT2D eigenvalue weighted by molar-refractivity contribution is 7.81. The van der Waals surface area contributed by atoms with E-state index in [1.165, 1.54) is 24.3 Å². The van der Waals surface area contributed by atoms with Crippen molar-refractivity contribution < 1.29 is 41.5 Å². The van der Waals surface area contributed by atoms with Gasteiger partial charge in [0.05, 0.1) is 36.0 Å². The van der Waals surface area contributed by atoms with Gasteiger partial charge in [0.1, 0.15) is 23.1 Å². The molecule has 3 aliphatic heterocycles. The maximum absolute atomic E-state index is 14.7. The van der Waals surface area contributed by atoms with Gasteiger partial charge in [-0.2, -0.15) is 18.4 Å². The summed E-state index contributed by atoms with van der Waals surface area (Å²) in [5.41, 5.74) is -0.821. The first-order valence-corrected chi connectivity index (χ1v) is 19.6. The second-order valence-electron chi connectivity index (χ2n) is 15.3. The Hall–Kier alpha value is -5.40. The van der Waals surface area contributed by atoms with Crippen molar-refractivity contribution in [2.45, 2.75) is 83.5 Å². The molecule has 0 spiro atoms. The first-order chi connectivity index (χ1) is 27.5. The zero-order valence-corrected chi connectivity index (χ0v) is 33.2. The molecule has 3 aromatic carbocycles. The van der Waals surface area contributed by atoms with E-state index >= 15 is 0 Å². The molecule has 3 fully saturated rings. The van der Waals surface area contributed by atoms with Crippen LogP contribution in [0.15, 0.2) is 54.6 Å². The molecule has 3 amide bonds. The lowest BCUT2D eigenvalue weighted by Crippen LogP contribution is -2.47. The molecule has 6 rings (SSSR count). The number of carbonyl (C=O) groups is 4. The zero-order chi connectivity index (χ0) is 41.9. The number of halogens is 4. The molecule has 0 radical (unpaired) electrons. The number of ketones is 1. The third kappa shape index (κ3) is 9.16. The van der Waals surface area contributed by atoms with Crippen LogP contribution in [-0.2, 0) is 38.2 Å². The molecular weight excluding hydrogens is 777 g/mol. The monoisotopic (exact) mass is 820 g/mol. The van der Waals surface area contributed by atoms with Gasteiger partial charge in [0.2, 0.25) is 11.8 Å². The number of likely N-dealkylation sites (tertiary alicyclic amines) is 1. The van der Waals surface area contributed by atoms with Crippen molar-refractivity contribution in [3.05, 3.63) is 82.7 Å². The van der Waals surface area contributed by atoms with Crippen LogP contribution in [0.25, 0.3) is 0 Å². The van der Waals surface area contributed by atoms with Crippen molar-refractivity contribution in [1.29, 1.82) is 5.26 Å². The summed E-state index contributed by atoms with van der Waals surface area (Å²) in [5, 5.41) is 14.5. The van der Waals surface area contributed by atoms with E-state index < -0.39 is 46.5 Å². The fourth-order valence-electron chi connectivity index (χ4n) is 7.70. The largest absolute Gasteiger partial charge is 0.493 e. The Morgan fingerprint density at radius 3 is 2.41 bits per heavy atom. The van der Waals surface area contributed by atoms with Gasteiger partial charge < -0.3 is 15.0 Å². The summed E-state index contributed by atoms with van der Waals surface area (Å²) in [5.74, 6) is -0.841. The number of amides is 3. The third-order valence-corrected chi connectivity index (χ3v) is 11.3. The van der Waals surface area contributed by atoms with Crippen molar-refractivity contribution in [3.63, 3.8) is 0 Å². The molecule has 3 saturated heterocycles. The Morgan fingerprint density at radius 2 is 1.74 bits per heavy atom. The van der Waals surface area contributed by atoms with Crippen LogP contribution in [0.5, 0.6) is 5.75 Å². The number of carbonyl (C=O) groups excluding carboxylic acids is 4. The van der Waals surface area contributed by atoms with Crippen LogP contribution in [-0.4, -0.2) is 71.3 Å². The number of Topliss-reactive ketones (excluding diaryl/α,β-unsaturated/α-hetero) is 1. The summed E-state index contributed by atoms with van der Waals surface area (Å²) in [6.45, 7) is 7.35. The van der Waals surface area contributed by atoms with E-state index in [2.05, 4.69) is 15.5 Å². The molecule has 0 bridgehead atoms. The minimum Gasteiger partial charge on any atom is -0.493 e. The summed E-state index contributed by atoms with van der Waals surface area (Å²) in [6, 6.07) is 13.8. The molecule has 1 unspecified atom stereocenters. The maximum Gasteiger partial charge on any atom is 0.417 e. The second-order valence-corrected chi connectivity index (χ2v) is 15.7. The quantitative estimate of drug-likeness (QED) is 0.109. The predicted octanol–water partition coefficient (Wildman–Crippen LogP) is 6.71. The summed E-state index contributed by atoms with van der Waals surface area (Å²) < 4.78 is 62.2. The van der Waals surface area contributed by atoms with Crippen molar-refractivity contribution >= 4 is 57.9 Å². The normalized spacial score (nSPS) is 19.0. The van der Waals surface area contributed by atoms with E-state index in [1.54, 1.807) is 36.9 Å². The molecule has 2 N–H and O–H groups in total. The smallest absolute Gasteiger partial charge is 0.417 e. The molecule has 306 valence electrons. The summed E-state index contributed by atoms with van der Waals surface area (Å²) in [7, 11) is 0. The lowest BCUT2D eigenvalue weighted by Gasteiger charge is -2.31. The van der Waals surface area contributed by atoms with Gasteiger partial charge in [-0.3, -0.25) is 34.3 Å². The number of benzene rings is 3. The Labute approximate surface area is 339 Å². The number of hydrogen-bond donors (Lipinski definition) is 2. The van der Waals surface area contributed by atoms with Crippen LogP contribution < -0.4 is 25.2 Å². The number of aryl methyl sites for hydroxylation is 1. The number of imide groups is 1. The fraction of sp³-hybridized carbons (Fsp3) is 0.429. The van der Waals surface area contributed by atoms with E-state index in [4.69, 9.17) is 17.0 Å². The maximum atomic E-state index is 14.7. The van der Waals surface area contributed by atoms with E-state index in [1.807, 2.05) is 13.0 Å². The molecule has 3 aromatic rings. The Kier molecular flexibility index (Phi) is 12.5. The number of nitrogens with one attached hydrogen (secondary N) is 2. The SMILES string of the molecule is CCc1cc(N2C(=S)N(c3ccc(C#N)c(C(F)(F)F)c3)C(=O)C2(C)C)ccc1OCCC1CCN(CC(=O)Cc2cc(NC3CCC(=O)NC3=O)ccc2F)CC1. The first kappa shape index (κ1) is 42.2. The number of rotatable bonds is 13. The number of thiocarbonyl (C=S) groups is 1. The van der Waals surface area contributed by atoms with E-state index in [9.17, 15) is 42.0 Å². The van der Waals surface area contributed by atoms with Gasteiger partial charge in [0.15, 0.2) is 10.9 Å². The number of nitrogens with zero attached hydrogens (tertiary/aromatic N) is 4. The third-order valence-electron chi connectivity index (χ3n) is 10.9. The highest BCUT2D eigenvalue weighted by Crippen LogP contribution is 2.41. The Morgan fingerprint density at radius 1 is 1.02 bits per heavy atom. The number of piperidine rings is 2. The molecular formula is C42H44F4N6O5S. The summed E-state index contributed by atoms with van der Waals surface area (Å²) in [6.07, 6.45) is -1.22. The van der Waals surface area contributed by atoms with Crippen molar-refractivity contribution in [3.8, 4) is 11.8 Å². The molecule has 0 saturated carbocycles. The molecule has 58 heavy (non-hydrogen) atoms. The Bertz CT molecular complexity index is 2160. The molecule has 3 aliphatic rings. The molecule has 11 nitrogen and oxygen atoms in total. The second kappa shape index (κ2) is 17.2. The summed E-state index contributed by atoms with van der Waals surface area (Å²) in [4.78, 5) is 55.0. The molecule has 0 aromatic heterocycles. The fourth-order valence-corrected chi connectivity index (χ4v) is 8.22. The standard InChI is InChI=1S/C42H44F4N6O5S/c1-4-26-20-31(52-40(58)51(39(56)41(52,2)3)30-7-5-27(23-47)33(22-30)42(44,45)46)8-11-36(26)57-18-15-25-13-16-50(17-14-25)24-32(53)21-28-19-29(6-9-34(28)43)48-35-10-12-37(54)49-38(35)55/h5-9,11,19-20,22,25,35,48H,4,10,12-18,21,24H2,1-3H3,(H,49,54,55). The molecule has 3 heterocycles. The average Bonchev–Trinajstić information content (AvgIpc) is 3.36. The predicted molar refractivity (Wildman–Crippen MR) is 213 cm³/mol. The topological polar surface area (TPSA) is 135 Å². The van der Waals surface area contributed by atoms with Gasteiger partial charge >= 0.3 is 6.18 Å². The molecule has 16 heteroatoms. The lowest BCUT2D eigenvalue weighted by molar-refractivity contribution is -0.138.